The fourth-order valence-corrected chi connectivity index (χ4v) is 2.55. The Morgan fingerprint density at radius 2 is 2.05 bits per heavy atom. The van der Waals surface area contributed by atoms with E-state index in [1.54, 1.807) is 18.5 Å². The van der Waals surface area contributed by atoms with E-state index in [0.717, 1.165) is 24.2 Å². The standard InChI is InChI=1S/C14H16N4O3S/c1-2-3-5-9(14(20)21)18-12(19)10-8-17-13(22-10)11-15-6-4-7-16-11/h4,6-9H,2-3,5H2,1H3,(H,18,19)(H,20,21)/t9-/m0/s1. The molecule has 0 aliphatic rings. The van der Waals surface area contributed by atoms with Crippen LogP contribution in [0.15, 0.2) is 24.7 Å². The van der Waals surface area contributed by atoms with Gasteiger partial charge in [-0.1, -0.05) is 19.8 Å². The van der Waals surface area contributed by atoms with Crippen LogP contribution in [0.1, 0.15) is 35.9 Å². The molecular weight excluding hydrogens is 304 g/mol. The molecule has 2 heterocycles. The molecule has 0 spiro atoms. The third kappa shape index (κ3) is 4.08. The second-order valence-electron chi connectivity index (χ2n) is 4.61. The number of carbonyl (C=O) groups is 2. The van der Waals surface area contributed by atoms with E-state index < -0.39 is 17.9 Å². The lowest BCUT2D eigenvalue weighted by Gasteiger charge is -2.12. The normalized spacial score (nSPS) is 11.9. The van der Waals surface area contributed by atoms with E-state index in [4.69, 9.17) is 5.11 Å². The van der Waals surface area contributed by atoms with E-state index in [2.05, 4.69) is 20.3 Å². The number of unbranched alkanes of at least 4 members (excludes halogenated alkanes) is 1. The second kappa shape index (κ2) is 7.60. The fourth-order valence-electron chi connectivity index (χ4n) is 1.79. The van der Waals surface area contributed by atoms with Crippen LogP contribution in [0.2, 0.25) is 0 Å². The van der Waals surface area contributed by atoms with Gasteiger partial charge in [-0.05, 0) is 12.5 Å². The Kier molecular flexibility index (Phi) is 5.54. The fraction of sp³-hybridized carbons (Fsp3) is 0.357. The van der Waals surface area contributed by atoms with Crippen LogP contribution in [-0.2, 0) is 4.79 Å². The molecule has 0 aromatic carbocycles. The van der Waals surface area contributed by atoms with E-state index in [-0.39, 0.29) is 0 Å². The van der Waals surface area contributed by atoms with Crippen molar-refractivity contribution in [3.63, 3.8) is 0 Å². The number of carboxylic acid groups (broad SMARTS) is 1. The molecule has 1 amide bonds. The number of rotatable bonds is 7. The molecule has 2 N–H and O–H groups in total. The van der Waals surface area contributed by atoms with Gasteiger partial charge < -0.3 is 10.4 Å². The molecule has 8 heteroatoms. The topological polar surface area (TPSA) is 105 Å². The van der Waals surface area contributed by atoms with Crippen molar-refractivity contribution in [3.8, 4) is 10.8 Å². The molecule has 0 fully saturated rings. The van der Waals surface area contributed by atoms with Gasteiger partial charge in [0.05, 0.1) is 6.20 Å². The summed E-state index contributed by atoms with van der Waals surface area (Å²) in [5.74, 6) is -1.03. The van der Waals surface area contributed by atoms with Crippen LogP contribution >= 0.6 is 11.3 Å². The minimum Gasteiger partial charge on any atom is -0.480 e. The number of nitrogens with one attached hydrogen (secondary N) is 1. The van der Waals surface area contributed by atoms with E-state index in [0.29, 0.717) is 22.1 Å². The third-order valence-electron chi connectivity index (χ3n) is 2.94. The zero-order valence-corrected chi connectivity index (χ0v) is 12.8. The number of hydrogen-bond acceptors (Lipinski definition) is 6. The average Bonchev–Trinajstić information content (AvgIpc) is 3.02. The van der Waals surface area contributed by atoms with Crippen molar-refractivity contribution in [2.24, 2.45) is 0 Å². The Labute approximate surface area is 131 Å². The number of carboxylic acids is 1. The SMILES string of the molecule is CCCC[C@H](NC(=O)c1cnc(-c2ncccn2)s1)C(=O)O. The van der Waals surface area contributed by atoms with Gasteiger partial charge in [0.2, 0.25) is 0 Å². The third-order valence-corrected chi connectivity index (χ3v) is 3.93. The van der Waals surface area contributed by atoms with Crippen molar-refractivity contribution in [2.75, 3.05) is 0 Å². The summed E-state index contributed by atoms with van der Waals surface area (Å²) >= 11 is 1.13. The molecule has 0 bridgehead atoms. The molecule has 0 radical (unpaired) electrons. The molecule has 7 nitrogen and oxygen atoms in total. The number of carbonyl (C=O) groups excluding carboxylic acids is 1. The van der Waals surface area contributed by atoms with Crippen molar-refractivity contribution < 1.29 is 14.7 Å². The van der Waals surface area contributed by atoms with Gasteiger partial charge in [-0.2, -0.15) is 0 Å². The number of aliphatic carboxylic acids is 1. The average molecular weight is 320 g/mol. The molecule has 0 aliphatic heterocycles. The molecule has 1 atom stereocenters. The lowest BCUT2D eigenvalue weighted by atomic mass is 10.1. The molecule has 0 unspecified atom stereocenters. The first-order valence-corrected chi connectivity index (χ1v) is 7.70. The second-order valence-corrected chi connectivity index (χ2v) is 5.64. The number of nitrogens with zero attached hydrogens (tertiary/aromatic N) is 3. The zero-order valence-electron chi connectivity index (χ0n) is 12.0. The first-order valence-electron chi connectivity index (χ1n) is 6.88. The van der Waals surface area contributed by atoms with Gasteiger partial charge in [-0.3, -0.25) is 4.79 Å². The van der Waals surface area contributed by atoms with Crippen LogP contribution in [0.25, 0.3) is 10.8 Å². The highest BCUT2D eigenvalue weighted by Crippen LogP contribution is 2.21. The summed E-state index contributed by atoms with van der Waals surface area (Å²) in [4.78, 5) is 35.8. The molecule has 116 valence electrons. The van der Waals surface area contributed by atoms with E-state index in [9.17, 15) is 9.59 Å². The van der Waals surface area contributed by atoms with Crippen LogP contribution in [0.4, 0.5) is 0 Å². The smallest absolute Gasteiger partial charge is 0.326 e. The van der Waals surface area contributed by atoms with Crippen LogP contribution in [-0.4, -0.2) is 38.0 Å². The summed E-state index contributed by atoms with van der Waals surface area (Å²) in [5, 5.41) is 12.2. The number of aromatic nitrogens is 3. The zero-order chi connectivity index (χ0) is 15.9. The van der Waals surface area contributed by atoms with Gasteiger partial charge in [0, 0.05) is 12.4 Å². The van der Waals surface area contributed by atoms with Gasteiger partial charge >= 0.3 is 5.97 Å². The Morgan fingerprint density at radius 1 is 1.32 bits per heavy atom. The molecule has 0 saturated heterocycles. The highest BCUT2D eigenvalue weighted by atomic mass is 32.1. The Morgan fingerprint density at radius 3 is 2.68 bits per heavy atom. The summed E-state index contributed by atoms with van der Waals surface area (Å²) in [6, 6.07) is 0.807. The van der Waals surface area contributed by atoms with E-state index in [1.807, 2.05) is 6.92 Å². The Balaban J connectivity index is 2.06. The lowest BCUT2D eigenvalue weighted by Crippen LogP contribution is -2.40. The maximum absolute atomic E-state index is 12.1. The number of hydrogen-bond donors (Lipinski definition) is 2. The minimum absolute atomic E-state index is 0.338. The molecule has 0 aliphatic carbocycles. The molecule has 22 heavy (non-hydrogen) atoms. The Bertz CT molecular complexity index is 645. The summed E-state index contributed by atoms with van der Waals surface area (Å²) in [6.07, 6.45) is 6.61. The highest BCUT2D eigenvalue weighted by molar-refractivity contribution is 7.16. The molecule has 2 rings (SSSR count). The summed E-state index contributed by atoms with van der Waals surface area (Å²) in [5.41, 5.74) is 0. The largest absolute Gasteiger partial charge is 0.480 e. The van der Waals surface area contributed by atoms with Crippen molar-refractivity contribution in [1.82, 2.24) is 20.3 Å². The maximum atomic E-state index is 12.1. The van der Waals surface area contributed by atoms with Gasteiger partial charge in [0.25, 0.3) is 5.91 Å². The van der Waals surface area contributed by atoms with Gasteiger partial charge in [-0.15, -0.1) is 11.3 Å². The molecule has 0 saturated carbocycles. The molecule has 2 aromatic rings. The lowest BCUT2D eigenvalue weighted by molar-refractivity contribution is -0.139. The summed E-state index contributed by atoms with van der Waals surface area (Å²) in [6.45, 7) is 1.97. The summed E-state index contributed by atoms with van der Waals surface area (Å²) < 4.78 is 0. The van der Waals surface area contributed by atoms with Gasteiger partial charge in [0.1, 0.15) is 10.9 Å². The number of thiazole rings is 1. The predicted octanol–water partition coefficient (Wildman–Crippen LogP) is 1.97. The highest BCUT2D eigenvalue weighted by Gasteiger charge is 2.21. The molecule has 2 aromatic heterocycles. The van der Waals surface area contributed by atoms with Crippen LogP contribution < -0.4 is 5.32 Å². The van der Waals surface area contributed by atoms with Crippen molar-refractivity contribution in [3.05, 3.63) is 29.5 Å². The maximum Gasteiger partial charge on any atom is 0.326 e. The van der Waals surface area contributed by atoms with Crippen LogP contribution in [0.5, 0.6) is 0 Å². The van der Waals surface area contributed by atoms with Gasteiger partial charge in [0.15, 0.2) is 10.8 Å². The Hall–Kier alpha value is -2.35. The van der Waals surface area contributed by atoms with Crippen molar-refractivity contribution >= 4 is 23.2 Å². The predicted molar refractivity (Wildman–Crippen MR) is 81.6 cm³/mol. The quantitative estimate of drug-likeness (QED) is 0.808. The number of amides is 1. The van der Waals surface area contributed by atoms with Gasteiger partial charge in [-0.25, -0.2) is 19.7 Å². The van der Waals surface area contributed by atoms with Crippen LogP contribution in [0.3, 0.4) is 0 Å². The monoisotopic (exact) mass is 320 g/mol. The first-order chi connectivity index (χ1) is 10.6. The van der Waals surface area contributed by atoms with Crippen molar-refractivity contribution in [2.45, 2.75) is 32.2 Å². The summed E-state index contributed by atoms with van der Waals surface area (Å²) in [7, 11) is 0. The van der Waals surface area contributed by atoms with Crippen LogP contribution in [0, 0.1) is 0 Å². The molecular formula is C14H16N4O3S. The minimum atomic E-state index is -1.03. The van der Waals surface area contributed by atoms with E-state index >= 15 is 0 Å². The van der Waals surface area contributed by atoms with E-state index in [1.165, 1.54) is 6.20 Å². The van der Waals surface area contributed by atoms with Crippen molar-refractivity contribution in [1.29, 1.82) is 0 Å². The first kappa shape index (κ1) is 16.0.